The van der Waals surface area contributed by atoms with E-state index in [2.05, 4.69) is 20.7 Å². The van der Waals surface area contributed by atoms with Crippen LogP contribution in [0.3, 0.4) is 0 Å². The number of benzene rings is 1. The summed E-state index contributed by atoms with van der Waals surface area (Å²) in [6, 6.07) is 2.94. The molecule has 0 radical (unpaired) electrons. The third kappa shape index (κ3) is 4.69. The van der Waals surface area contributed by atoms with E-state index < -0.39 is 30.3 Å². The predicted octanol–water partition coefficient (Wildman–Crippen LogP) is 1.83. The summed E-state index contributed by atoms with van der Waals surface area (Å²) in [5.41, 5.74) is -0.233. The van der Waals surface area contributed by atoms with Crippen molar-refractivity contribution in [3.63, 3.8) is 0 Å². The smallest absolute Gasteiger partial charge is 0.479 e. The van der Waals surface area contributed by atoms with Crippen LogP contribution in [0.4, 0.5) is 13.2 Å². The van der Waals surface area contributed by atoms with E-state index in [-0.39, 0.29) is 10.0 Å². The predicted molar refractivity (Wildman–Crippen MR) is 59.4 cm³/mol. The number of aliphatic carboxylic acids is 1. The van der Waals surface area contributed by atoms with Crippen LogP contribution in [0.25, 0.3) is 0 Å². The lowest BCUT2D eigenvalue weighted by Crippen LogP contribution is -2.27. The zero-order chi connectivity index (χ0) is 14.8. The lowest BCUT2D eigenvalue weighted by atomic mass is 10.0. The maximum Gasteiger partial charge on any atom is 0.573 e. The molecular weight excluding hydrogens is 337 g/mol. The Labute approximate surface area is 113 Å². The maximum atomic E-state index is 12.0. The summed E-state index contributed by atoms with van der Waals surface area (Å²) in [5.74, 6) is -2.35. The van der Waals surface area contributed by atoms with Crippen LogP contribution in [0.5, 0.6) is 5.75 Å². The molecule has 0 aromatic heterocycles. The Morgan fingerprint density at radius 2 is 1.84 bits per heavy atom. The van der Waals surface area contributed by atoms with E-state index in [4.69, 9.17) is 10.2 Å². The van der Waals surface area contributed by atoms with Gasteiger partial charge in [-0.3, -0.25) is 0 Å². The minimum absolute atomic E-state index is 0.126. The van der Waals surface area contributed by atoms with E-state index in [1.807, 2.05) is 0 Å². The Balaban J connectivity index is 3.06. The standard InChI is InChI=1S/C10H8BrF3O5/c11-5-1-4(7(15)8(16)9(17)18)2-6(3-5)19-10(12,13)14/h1-3,7-8,15-16H,(H,17,18). The topological polar surface area (TPSA) is 87.0 Å². The molecule has 2 atom stereocenters. The number of aliphatic hydroxyl groups excluding tert-OH is 2. The number of aliphatic hydroxyl groups is 2. The van der Waals surface area contributed by atoms with Gasteiger partial charge >= 0.3 is 12.3 Å². The molecule has 0 heterocycles. The van der Waals surface area contributed by atoms with Crippen molar-refractivity contribution < 1.29 is 38.0 Å². The van der Waals surface area contributed by atoms with Gasteiger partial charge in [0.25, 0.3) is 0 Å². The first-order valence-corrected chi connectivity index (χ1v) is 5.54. The largest absolute Gasteiger partial charge is 0.573 e. The second-order valence-electron chi connectivity index (χ2n) is 3.50. The summed E-state index contributed by atoms with van der Waals surface area (Å²) in [6.07, 6.45) is -8.97. The highest BCUT2D eigenvalue weighted by atomic mass is 79.9. The monoisotopic (exact) mass is 344 g/mol. The number of carboxylic acids is 1. The second-order valence-corrected chi connectivity index (χ2v) is 4.41. The van der Waals surface area contributed by atoms with Crippen LogP contribution in [0.1, 0.15) is 11.7 Å². The highest BCUT2D eigenvalue weighted by Crippen LogP contribution is 2.30. The van der Waals surface area contributed by atoms with Gasteiger partial charge in [0.15, 0.2) is 6.10 Å². The average Bonchev–Trinajstić information content (AvgIpc) is 2.23. The van der Waals surface area contributed by atoms with Crippen molar-refractivity contribution in [2.75, 3.05) is 0 Å². The Kier molecular flexibility index (Phi) is 4.77. The number of hydrogen-bond acceptors (Lipinski definition) is 4. The molecule has 0 aliphatic heterocycles. The zero-order valence-corrected chi connectivity index (χ0v) is 10.6. The van der Waals surface area contributed by atoms with Crippen LogP contribution >= 0.6 is 15.9 Å². The first-order valence-electron chi connectivity index (χ1n) is 4.75. The first-order chi connectivity index (χ1) is 8.60. The molecule has 0 saturated heterocycles. The SMILES string of the molecule is O=C(O)C(O)C(O)c1cc(Br)cc(OC(F)(F)F)c1. The van der Waals surface area contributed by atoms with Gasteiger partial charge in [-0.25, -0.2) is 4.79 Å². The van der Waals surface area contributed by atoms with E-state index in [1.54, 1.807) is 0 Å². The molecule has 106 valence electrons. The van der Waals surface area contributed by atoms with Crippen LogP contribution in [-0.4, -0.2) is 33.8 Å². The van der Waals surface area contributed by atoms with E-state index >= 15 is 0 Å². The van der Waals surface area contributed by atoms with Gasteiger partial charge in [-0.15, -0.1) is 13.2 Å². The summed E-state index contributed by atoms with van der Waals surface area (Å²) in [5, 5.41) is 27.2. The molecule has 0 spiro atoms. The molecular formula is C10H8BrF3O5. The van der Waals surface area contributed by atoms with Crippen molar-refractivity contribution in [3.8, 4) is 5.75 Å². The molecule has 0 aliphatic rings. The minimum atomic E-state index is -4.92. The maximum absolute atomic E-state index is 12.0. The summed E-state index contributed by atoms with van der Waals surface area (Å²) in [6.45, 7) is 0. The van der Waals surface area contributed by atoms with Gasteiger partial charge in [-0.05, 0) is 23.8 Å². The highest BCUT2D eigenvalue weighted by molar-refractivity contribution is 9.10. The molecule has 2 unspecified atom stereocenters. The molecule has 3 N–H and O–H groups in total. The highest BCUT2D eigenvalue weighted by Gasteiger charge is 2.32. The summed E-state index contributed by atoms with van der Waals surface area (Å²) in [7, 11) is 0. The summed E-state index contributed by atoms with van der Waals surface area (Å²) in [4.78, 5) is 10.5. The number of alkyl halides is 3. The molecule has 0 bridgehead atoms. The van der Waals surface area contributed by atoms with Gasteiger partial charge in [0.05, 0.1) is 0 Å². The van der Waals surface area contributed by atoms with E-state index in [1.165, 1.54) is 6.07 Å². The third-order valence-electron chi connectivity index (χ3n) is 2.02. The number of carboxylic acid groups (broad SMARTS) is 1. The van der Waals surface area contributed by atoms with Crippen LogP contribution in [0.2, 0.25) is 0 Å². The molecule has 0 aliphatic carbocycles. The van der Waals surface area contributed by atoms with Gasteiger partial charge in [-0.2, -0.15) is 0 Å². The quantitative estimate of drug-likeness (QED) is 0.775. The number of ether oxygens (including phenoxy) is 1. The van der Waals surface area contributed by atoms with Crippen molar-refractivity contribution in [1.82, 2.24) is 0 Å². The van der Waals surface area contributed by atoms with Crippen molar-refractivity contribution in [1.29, 1.82) is 0 Å². The molecule has 5 nitrogen and oxygen atoms in total. The Morgan fingerprint density at radius 3 is 2.32 bits per heavy atom. The lowest BCUT2D eigenvalue weighted by Gasteiger charge is -2.16. The Hall–Kier alpha value is -1.32. The van der Waals surface area contributed by atoms with E-state index in [0.717, 1.165) is 12.1 Å². The molecule has 1 rings (SSSR count). The fourth-order valence-corrected chi connectivity index (χ4v) is 1.76. The van der Waals surface area contributed by atoms with Crippen LogP contribution in [0, 0.1) is 0 Å². The fourth-order valence-electron chi connectivity index (χ4n) is 1.27. The van der Waals surface area contributed by atoms with Crippen LogP contribution < -0.4 is 4.74 Å². The van der Waals surface area contributed by atoms with Crippen molar-refractivity contribution in [2.24, 2.45) is 0 Å². The van der Waals surface area contributed by atoms with E-state index in [9.17, 15) is 23.1 Å². The molecule has 0 amide bonds. The average molecular weight is 345 g/mol. The molecule has 0 fully saturated rings. The van der Waals surface area contributed by atoms with Gasteiger partial charge in [0.1, 0.15) is 11.9 Å². The minimum Gasteiger partial charge on any atom is -0.479 e. The number of halogens is 4. The summed E-state index contributed by atoms with van der Waals surface area (Å²) < 4.78 is 39.9. The Morgan fingerprint density at radius 1 is 1.26 bits per heavy atom. The van der Waals surface area contributed by atoms with Gasteiger partial charge in [0, 0.05) is 4.47 Å². The van der Waals surface area contributed by atoms with Gasteiger partial charge < -0.3 is 20.1 Å². The van der Waals surface area contributed by atoms with Crippen molar-refractivity contribution >= 4 is 21.9 Å². The van der Waals surface area contributed by atoms with Crippen LogP contribution in [-0.2, 0) is 4.79 Å². The van der Waals surface area contributed by atoms with Gasteiger partial charge in [-0.1, -0.05) is 15.9 Å². The molecule has 1 aromatic carbocycles. The van der Waals surface area contributed by atoms with Crippen LogP contribution in [0.15, 0.2) is 22.7 Å². The molecule has 19 heavy (non-hydrogen) atoms. The second kappa shape index (κ2) is 5.76. The van der Waals surface area contributed by atoms with Gasteiger partial charge in [0.2, 0.25) is 0 Å². The van der Waals surface area contributed by atoms with E-state index in [0.29, 0.717) is 0 Å². The first kappa shape index (κ1) is 15.7. The molecule has 9 heteroatoms. The Bertz CT molecular complexity index is 477. The molecule has 0 saturated carbocycles. The third-order valence-corrected chi connectivity index (χ3v) is 2.48. The fraction of sp³-hybridized carbons (Fsp3) is 0.300. The normalized spacial score (nSPS) is 14.8. The molecule has 1 aromatic rings. The zero-order valence-electron chi connectivity index (χ0n) is 9.06. The number of carbonyl (C=O) groups is 1. The lowest BCUT2D eigenvalue weighted by molar-refractivity contribution is -0.274. The van der Waals surface area contributed by atoms with Crippen molar-refractivity contribution in [3.05, 3.63) is 28.2 Å². The number of hydrogen-bond donors (Lipinski definition) is 3. The number of rotatable bonds is 4. The van der Waals surface area contributed by atoms with Crippen molar-refractivity contribution in [2.45, 2.75) is 18.6 Å². The summed E-state index contributed by atoms with van der Waals surface area (Å²) >= 11 is 2.89.